The lowest BCUT2D eigenvalue weighted by Crippen LogP contribution is -2.13. The molecule has 0 fully saturated rings. The van der Waals surface area contributed by atoms with Crippen molar-refractivity contribution in [1.82, 2.24) is 0 Å². The fourth-order valence-corrected chi connectivity index (χ4v) is 2.42. The smallest absolute Gasteiger partial charge is 0.404 e. The van der Waals surface area contributed by atoms with E-state index in [1.54, 1.807) is 0 Å². The van der Waals surface area contributed by atoms with Gasteiger partial charge in [-0.1, -0.05) is 70.6 Å². The Hall–Kier alpha value is -1.06. The minimum atomic E-state index is -0.669. The topological polar surface area (TPSA) is 69.4 Å². The Labute approximate surface area is 129 Å². The molecule has 4 nitrogen and oxygen atoms in total. The summed E-state index contributed by atoms with van der Waals surface area (Å²) in [7, 11) is 0. The zero-order valence-corrected chi connectivity index (χ0v) is 13.4. The van der Waals surface area contributed by atoms with E-state index in [0.717, 1.165) is 19.3 Å². The van der Waals surface area contributed by atoms with Crippen molar-refractivity contribution >= 4 is 12.4 Å². The van der Waals surface area contributed by atoms with E-state index >= 15 is 0 Å². The molecule has 0 spiro atoms. The Kier molecular flexibility index (Phi) is 16.1. The minimum Gasteiger partial charge on any atom is -0.450 e. The van der Waals surface area contributed by atoms with Crippen molar-refractivity contribution in [1.29, 1.82) is 0 Å². The summed E-state index contributed by atoms with van der Waals surface area (Å²) in [5.74, 6) is 0. The molecule has 123 valence electrons. The van der Waals surface area contributed by atoms with Crippen molar-refractivity contribution < 1.29 is 14.3 Å². The lowest BCUT2D eigenvalue weighted by atomic mass is 10.0. The van der Waals surface area contributed by atoms with Crippen molar-refractivity contribution in [3.8, 4) is 0 Å². The van der Waals surface area contributed by atoms with Gasteiger partial charge in [0.1, 0.15) is 0 Å². The van der Waals surface area contributed by atoms with Crippen molar-refractivity contribution in [3.63, 3.8) is 0 Å². The fourth-order valence-electron chi connectivity index (χ4n) is 2.42. The number of nitrogens with two attached hydrogens (primary N) is 1. The summed E-state index contributed by atoms with van der Waals surface area (Å²) in [6.45, 7) is 0.459. The van der Waals surface area contributed by atoms with Gasteiger partial charge in [0.25, 0.3) is 0 Å². The highest BCUT2D eigenvalue weighted by Gasteiger charge is 1.95. The Morgan fingerprint density at radius 1 is 0.714 bits per heavy atom. The Bertz CT molecular complexity index is 244. The van der Waals surface area contributed by atoms with Gasteiger partial charge in [-0.25, -0.2) is 4.79 Å². The quantitative estimate of drug-likeness (QED) is 0.421. The van der Waals surface area contributed by atoms with Gasteiger partial charge in [0.15, 0.2) is 6.29 Å². The molecule has 0 atom stereocenters. The molecule has 0 saturated carbocycles. The molecule has 2 N–H and O–H groups in total. The molecule has 21 heavy (non-hydrogen) atoms. The monoisotopic (exact) mass is 298 g/mol. The van der Waals surface area contributed by atoms with Gasteiger partial charge in [0.2, 0.25) is 0 Å². The van der Waals surface area contributed by atoms with Crippen LogP contribution in [-0.2, 0) is 9.53 Å². The third-order valence-electron chi connectivity index (χ3n) is 3.67. The van der Waals surface area contributed by atoms with Crippen LogP contribution in [-0.4, -0.2) is 19.0 Å². The van der Waals surface area contributed by atoms with Crippen molar-refractivity contribution in [2.45, 2.75) is 89.9 Å². The van der Waals surface area contributed by atoms with Gasteiger partial charge in [-0.15, -0.1) is 0 Å². The van der Waals surface area contributed by atoms with Crippen molar-refractivity contribution in [3.05, 3.63) is 0 Å². The highest BCUT2D eigenvalue weighted by Crippen LogP contribution is 2.12. The highest BCUT2D eigenvalue weighted by atomic mass is 16.5. The number of rotatable bonds is 16. The maximum absolute atomic E-state index is 10.3. The van der Waals surface area contributed by atoms with Crippen LogP contribution in [0.15, 0.2) is 0 Å². The zero-order valence-electron chi connectivity index (χ0n) is 13.4. The van der Waals surface area contributed by atoms with Crippen molar-refractivity contribution in [2.75, 3.05) is 6.61 Å². The molecule has 0 bridgehead atoms. The average molecular weight is 298 g/mol. The molecule has 0 aromatic heterocycles. The third kappa shape index (κ3) is 18.9. The van der Waals surface area contributed by atoms with E-state index in [1.165, 1.54) is 64.2 Å². The number of hydrogen-bond acceptors (Lipinski definition) is 3. The lowest BCUT2D eigenvalue weighted by molar-refractivity contribution is 0.154. The Balaban J connectivity index is 2.96. The second-order valence-electron chi connectivity index (χ2n) is 5.66. The summed E-state index contributed by atoms with van der Waals surface area (Å²) in [5, 5.41) is 0. The van der Waals surface area contributed by atoms with Gasteiger partial charge < -0.3 is 10.5 Å². The molecule has 0 saturated heterocycles. The van der Waals surface area contributed by atoms with Gasteiger partial charge in [-0.2, -0.15) is 0 Å². The standard InChI is InChI=1S/C17H32NO3/c18-17(20)21-16-14-12-10-8-6-4-2-1-3-5-7-9-11-13-15-19/h1-14,16H2,(H2,18,20). The summed E-state index contributed by atoms with van der Waals surface area (Å²) in [5.41, 5.74) is 4.88. The van der Waals surface area contributed by atoms with Crippen LogP contribution in [0.25, 0.3) is 0 Å². The van der Waals surface area contributed by atoms with E-state index in [1.807, 2.05) is 6.29 Å². The lowest BCUT2D eigenvalue weighted by Gasteiger charge is -2.03. The molecule has 1 amide bonds. The SMILES string of the molecule is NC(=O)OCCCCCCCCCCCCCCC[C]=O. The van der Waals surface area contributed by atoms with Crippen LogP contribution in [0.5, 0.6) is 0 Å². The van der Waals surface area contributed by atoms with Gasteiger partial charge in [0.05, 0.1) is 6.61 Å². The van der Waals surface area contributed by atoms with Crippen LogP contribution in [0.2, 0.25) is 0 Å². The van der Waals surface area contributed by atoms with E-state index in [9.17, 15) is 9.59 Å². The first-order valence-electron chi connectivity index (χ1n) is 8.54. The molecule has 4 heteroatoms. The Morgan fingerprint density at radius 2 is 1.10 bits per heavy atom. The van der Waals surface area contributed by atoms with Crippen LogP contribution in [0.1, 0.15) is 89.9 Å². The summed E-state index contributed by atoms with van der Waals surface area (Å²) in [4.78, 5) is 20.3. The van der Waals surface area contributed by atoms with Gasteiger partial charge in [-0.3, -0.25) is 4.79 Å². The first kappa shape index (κ1) is 19.9. The minimum absolute atomic E-state index is 0.459. The predicted octanol–water partition coefficient (Wildman–Crippen LogP) is 4.65. The molecule has 0 aromatic carbocycles. The first-order chi connectivity index (χ1) is 10.3. The zero-order chi connectivity index (χ0) is 15.6. The molecule has 0 aromatic rings. The second-order valence-corrected chi connectivity index (χ2v) is 5.66. The maximum Gasteiger partial charge on any atom is 0.404 e. The van der Waals surface area contributed by atoms with E-state index in [4.69, 9.17) is 5.73 Å². The molecule has 0 unspecified atom stereocenters. The summed E-state index contributed by atoms with van der Waals surface area (Å²) in [6.07, 6.45) is 17.8. The average Bonchev–Trinajstić information content (AvgIpc) is 2.46. The molecular weight excluding hydrogens is 266 g/mol. The highest BCUT2D eigenvalue weighted by molar-refractivity contribution is 5.64. The number of hydrogen-bond donors (Lipinski definition) is 1. The van der Waals surface area contributed by atoms with Crippen LogP contribution >= 0.6 is 0 Å². The molecular formula is C17H32NO3. The normalized spacial score (nSPS) is 10.5. The van der Waals surface area contributed by atoms with Gasteiger partial charge in [-0.05, 0) is 12.8 Å². The summed E-state index contributed by atoms with van der Waals surface area (Å²) in [6, 6.07) is 0. The van der Waals surface area contributed by atoms with Crippen LogP contribution in [0.3, 0.4) is 0 Å². The number of ether oxygens (including phenoxy) is 1. The molecule has 0 rings (SSSR count). The first-order valence-corrected chi connectivity index (χ1v) is 8.54. The maximum atomic E-state index is 10.3. The number of primary amides is 1. The molecule has 0 aliphatic rings. The fraction of sp³-hybridized carbons (Fsp3) is 0.882. The van der Waals surface area contributed by atoms with Crippen LogP contribution in [0.4, 0.5) is 4.79 Å². The van der Waals surface area contributed by atoms with E-state index in [-0.39, 0.29) is 0 Å². The van der Waals surface area contributed by atoms with Crippen LogP contribution in [0, 0.1) is 0 Å². The summed E-state index contributed by atoms with van der Waals surface area (Å²) >= 11 is 0. The van der Waals surface area contributed by atoms with Gasteiger partial charge >= 0.3 is 6.09 Å². The largest absolute Gasteiger partial charge is 0.450 e. The number of carbonyl (C=O) groups is 1. The predicted molar refractivity (Wildman–Crippen MR) is 85.9 cm³/mol. The van der Waals surface area contributed by atoms with E-state index in [0.29, 0.717) is 13.0 Å². The van der Waals surface area contributed by atoms with Crippen molar-refractivity contribution in [2.24, 2.45) is 5.73 Å². The van der Waals surface area contributed by atoms with E-state index < -0.39 is 6.09 Å². The van der Waals surface area contributed by atoms with E-state index in [2.05, 4.69) is 4.74 Å². The van der Waals surface area contributed by atoms with Crippen LogP contribution < -0.4 is 5.73 Å². The molecule has 0 aliphatic heterocycles. The molecule has 0 heterocycles. The third-order valence-corrected chi connectivity index (χ3v) is 3.67. The molecule has 1 radical (unpaired) electrons. The number of unbranched alkanes of at least 4 members (excludes halogenated alkanes) is 13. The summed E-state index contributed by atoms with van der Waals surface area (Å²) < 4.78 is 4.68. The molecule has 0 aliphatic carbocycles. The number of amides is 1. The number of carbonyl (C=O) groups excluding carboxylic acids is 2. The second kappa shape index (κ2) is 17.0. The Morgan fingerprint density at radius 3 is 1.48 bits per heavy atom. The van der Waals surface area contributed by atoms with Gasteiger partial charge in [0, 0.05) is 6.42 Å².